The number of hydrogen-bond acceptors (Lipinski definition) is 6. The van der Waals surface area contributed by atoms with E-state index in [1.54, 1.807) is 0 Å². The number of pyridine rings is 1. The average molecular weight is 340 g/mol. The number of aromatic nitrogens is 3. The Labute approximate surface area is 147 Å². The highest BCUT2D eigenvalue weighted by molar-refractivity contribution is 5.78. The molecule has 1 saturated heterocycles. The van der Waals surface area contributed by atoms with Crippen molar-refractivity contribution in [3.05, 3.63) is 41.3 Å². The van der Waals surface area contributed by atoms with Crippen LogP contribution in [0.15, 0.2) is 24.3 Å². The van der Waals surface area contributed by atoms with E-state index in [2.05, 4.69) is 15.3 Å². The van der Waals surface area contributed by atoms with Gasteiger partial charge in [0.25, 0.3) is 0 Å². The highest BCUT2D eigenvalue weighted by atomic mass is 16.2. The number of piperidine rings is 1. The van der Waals surface area contributed by atoms with Gasteiger partial charge in [-0.3, -0.25) is 4.79 Å². The van der Waals surface area contributed by atoms with Gasteiger partial charge in [0.1, 0.15) is 5.82 Å². The Balaban J connectivity index is 1.69. The molecule has 0 saturated carbocycles. The molecule has 1 fully saturated rings. The van der Waals surface area contributed by atoms with Crippen molar-refractivity contribution < 1.29 is 4.79 Å². The summed E-state index contributed by atoms with van der Waals surface area (Å²) in [5.74, 6) is 1.67. The zero-order chi connectivity index (χ0) is 17.8. The Morgan fingerprint density at radius 1 is 1.20 bits per heavy atom. The largest absolute Gasteiger partial charge is 0.342 e. The quantitative estimate of drug-likeness (QED) is 0.882. The van der Waals surface area contributed by atoms with E-state index in [1.165, 1.54) is 0 Å². The predicted molar refractivity (Wildman–Crippen MR) is 96.6 cm³/mol. The summed E-state index contributed by atoms with van der Waals surface area (Å²) in [6.07, 6.45) is 1.81. The normalized spacial score (nSPS) is 15.2. The molecular formula is C18H24N6O. The van der Waals surface area contributed by atoms with Gasteiger partial charge in [-0.15, -0.1) is 0 Å². The second kappa shape index (κ2) is 7.57. The third-order valence-electron chi connectivity index (χ3n) is 4.43. The molecule has 0 bridgehead atoms. The molecule has 3 rings (SSSR count). The number of nitrogens with zero attached hydrogens (tertiary/aromatic N) is 4. The number of anilines is 2. The van der Waals surface area contributed by atoms with Crippen LogP contribution in [0, 0.1) is 13.8 Å². The molecule has 2 aromatic rings. The molecule has 0 aliphatic carbocycles. The Bertz CT molecular complexity index is 735. The third-order valence-corrected chi connectivity index (χ3v) is 4.43. The molecular weight excluding hydrogens is 316 g/mol. The van der Waals surface area contributed by atoms with E-state index in [0.29, 0.717) is 11.9 Å². The van der Waals surface area contributed by atoms with E-state index in [1.807, 2.05) is 43.0 Å². The summed E-state index contributed by atoms with van der Waals surface area (Å²) in [4.78, 5) is 27.0. The van der Waals surface area contributed by atoms with E-state index in [-0.39, 0.29) is 12.5 Å². The zero-order valence-corrected chi connectivity index (χ0v) is 14.7. The molecule has 0 spiro atoms. The summed E-state index contributed by atoms with van der Waals surface area (Å²) in [6.45, 7) is 5.44. The van der Waals surface area contributed by atoms with Crippen LogP contribution in [0.5, 0.6) is 0 Å². The standard InChI is InChI=1S/C18H24N6O/c1-12-10-13(2)21-18(20-12)23-16-5-3-4-15(22-16)14-6-8-24(9-7-14)17(25)11-19/h3-5,10,14H,6-9,11,19H2,1-2H3,(H,20,21,22,23). The van der Waals surface area contributed by atoms with Gasteiger partial charge in [0.05, 0.1) is 6.54 Å². The first kappa shape index (κ1) is 17.3. The van der Waals surface area contributed by atoms with Crippen LogP contribution in [-0.2, 0) is 4.79 Å². The second-order valence-corrected chi connectivity index (χ2v) is 6.41. The lowest BCUT2D eigenvalue weighted by atomic mass is 9.93. The summed E-state index contributed by atoms with van der Waals surface area (Å²) in [6, 6.07) is 7.88. The zero-order valence-electron chi connectivity index (χ0n) is 14.7. The van der Waals surface area contributed by atoms with Crippen molar-refractivity contribution in [1.82, 2.24) is 19.9 Å². The number of carbonyl (C=O) groups excluding carboxylic acids is 1. The summed E-state index contributed by atoms with van der Waals surface area (Å²) in [5.41, 5.74) is 8.31. The lowest BCUT2D eigenvalue weighted by Crippen LogP contribution is -2.41. The van der Waals surface area contributed by atoms with Gasteiger partial charge in [-0.25, -0.2) is 15.0 Å². The molecule has 0 unspecified atom stereocenters. The molecule has 1 aliphatic heterocycles. The maximum atomic E-state index is 11.7. The fraction of sp³-hybridized carbons (Fsp3) is 0.444. The van der Waals surface area contributed by atoms with Crippen LogP contribution in [-0.4, -0.2) is 45.4 Å². The molecule has 3 heterocycles. The van der Waals surface area contributed by atoms with Gasteiger partial charge in [0, 0.05) is 36.1 Å². The van der Waals surface area contributed by atoms with Crippen LogP contribution in [0.2, 0.25) is 0 Å². The van der Waals surface area contributed by atoms with Gasteiger partial charge >= 0.3 is 0 Å². The van der Waals surface area contributed by atoms with Crippen molar-refractivity contribution in [3.8, 4) is 0 Å². The monoisotopic (exact) mass is 340 g/mol. The summed E-state index contributed by atoms with van der Waals surface area (Å²) in [5, 5.41) is 3.19. The first-order chi connectivity index (χ1) is 12.0. The minimum absolute atomic E-state index is 0.0220. The van der Waals surface area contributed by atoms with Gasteiger partial charge in [-0.2, -0.15) is 0 Å². The third kappa shape index (κ3) is 4.30. The Kier molecular flexibility index (Phi) is 5.23. The van der Waals surface area contributed by atoms with E-state index >= 15 is 0 Å². The van der Waals surface area contributed by atoms with Gasteiger partial charge in [-0.1, -0.05) is 6.07 Å². The van der Waals surface area contributed by atoms with Gasteiger partial charge in [0.15, 0.2) is 0 Å². The average Bonchev–Trinajstić information content (AvgIpc) is 2.60. The first-order valence-electron chi connectivity index (χ1n) is 8.59. The minimum Gasteiger partial charge on any atom is -0.342 e. The molecule has 0 aromatic carbocycles. The number of carbonyl (C=O) groups is 1. The van der Waals surface area contributed by atoms with Crippen molar-refractivity contribution in [1.29, 1.82) is 0 Å². The molecule has 3 N–H and O–H groups in total. The Hall–Kier alpha value is -2.54. The van der Waals surface area contributed by atoms with Crippen LogP contribution < -0.4 is 11.1 Å². The molecule has 0 atom stereocenters. The van der Waals surface area contributed by atoms with Gasteiger partial charge in [-0.05, 0) is 44.9 Å². The maximum Gasteiger partial charge on any atom is 0.236 e. The molecule has 1 amide bonds. The summed E-state index contributed by atoms with van der Waals surface area (Å²) < 4.78 is 0. The molecule has 7 heteroatoms. The SMILES string of the molecule is Cc1cc(C)nc(Nc2cccc(C3CCN(C(=O)CN)CC3)n2)n1. The van der Waals surface area contributed by atoms with Crippen molar-refractivity contribution in [3.63, 3.8) is 0 Å². The van der Waals surface area contributed by atoms with Crippen LogP contribution in [0.3, 0.4) is 0 Å². The number of hydrogen-bond donors (Lipinski definition) is 2. The van der Waals surface area contributed by atoms with E-state index in [0.717, 1.165) is 48.8 Å². The molecule has 0 radical (unpaired) electrons. The molecule has 7 nitrogen and oxygen atoms in total. The Morgan fingerprint density at radius 3 is 2.52 bits per heavy atom. The van der Waals surface area contributed by atoms with E-state index in [9.17, 15) is 4.79 Å². The van der Waals surface area contributed by atoms with Crippen molar-refractivity contribution in [2.24, 2.45) is 5.73 Å². The van der Waals surface area contributed by atoms with Crippen LogP contribution in [0.1, 0.15) is 35.8 Å². The number of likely N-dealkylation sites (tertiary alicyclic amines) is 1. The molecule has 25 heavy (non-hydrogen) atoms. The van der Waals surface area contributed by atoms with Crippen LogP contribution in [0.25, 0.3) is 0 Å². The van der Waals surface area contributed by atoms with Crippen molar-refractivity contribution in [2.45, 2.75) is 32.6 Å². The summed E-state index contributed by atoms with van der Waals surface area (Å²) >= 11 is 0. The van der Waals surface area contributed by atoms with Crippen LogP contribution >= 0.6 is 0 Å². The van der Waals surface area contributed by atoms with E-state index < -0.39 is 0 Å². The Morgan fingerprint density at radius 2 is 1.88 bits per heavy atom. The molecule has 132 valence electrons. The predicted octanol–water partition coefficient (Wildman–Crippen LogP) is 1.90. The van der Waals surface area contributed by atoms with E-state index in [4.69, 9.17) is 10.7 Å². The van der Waals surface area contributed by atoms with Crippen molar-refractivity contribution >= 4 is 17.7 Å². The smallest absolute Gasteiger partial charge is 0.236 e. The van der Waals surface area contributed by atoms with Crippen LogP contribution in [0.4, 0.5) is 11.8 Å². The highest BCUT2D eigenvalue weighted by Crippen LogP contribution is 2.27. The number of nitrogens with one attached hydrogen (secondary N) is 1. The highest BCUT2D eigenvalue weighted by Gasteiger charge is 2.24. The molecule has 1 aliphatic rings. The minimum atomic E-state index is 0.0220. The van der Waals surface area contributed by atoms with Crippen molar-refractivity contribution in [2.75, 3.05) is 25.0 Å². The molecule has 2 aromatic heterocycles. The number of rotatable bonds is 4. The second-order valence-electron chi connectivity index (χ2n) is 6.41. The first-order valence-corrected chi connectivity index (χ1v) is 8.59. The maximum absolute atomic E-state index is 11.7. The topological polar surface area (TPSA) is 97.0 Å². The van der Waals surface area contributed by atoms with Gasteiger partial charge in [0.2, 0.25) is 11.9 Å². The van der Waals surface area contributed by atoms with Gasteiger partial charge < -0.3 is 16.0 Å². The number of nitrogens with two attached hydrogens (primary N) is 1. The fourth-order valence-corrected chi connectivity index (χ4v) is 3.20. The fourth-order valence-electron chi connectivity index (χ4n) is 3.20. The number of amides is 1. The lowest BCUT2D eigenvalue weighted by molar-refractivity contribution is -0.130. The lowest BCUT2D eigenvalue weighted by Gasteiger charge is -2.31. The summed E-state index contributed by atoms with van der Waals surface area (Å²) in [7, 11) is 0. The number of aryl methyl sites for hydroxylation is 2.